The summed E-state index contributed by atoms with van der Waals surface area (Å²) in [6.07, 6.45) is 0. The molecule has 0 aromatic carbocycles. The van der Waals surface area contributed by atoms with Gasteiger partial charge in [0, 0.05) is 0 Å². The van der Waals surface area contributed by atoms with E-state index < -0.39 is 33.2 Å². The van der Waals surface area contributed by atoms with Gasteiger partial charge in [-0.15, -0.1) is 0 Å². The molecule has 3 atom stereocenters. The van der Waals surface area contributed by atoms with Crippen LogP contribution in [0.5, 0.6) is 0 Å². The quantitative estimate of drug-likeness (QED) is 0.442. The van der Waals surface area contributed by atoms with Crippen LogP contribution in [0.15, 0.2) is 0 Å². The van der Waals surface area contributed by atoms with E-state index in [1.165, 1.54) is 0 Å². The smallest absolute Gasteiger partial charge is 0.214 e. The molecule has 1 fully saturated rings. The molecule has 0 spiro atoms. The summed E-state index contributed by atoms with van der Waals surface area (Å²) in [5.41, 5.74) is 0. The molecule has 1 aliphatic rings. The second-order valence-corrected chi connectivity index (χ2v) is 5.01. The normalized spacial score (nSPS) is 50.0. The van der Waals surface area contributed by atoms with Crippen molar-refractivity contribution in [1.82, 2.24) is 0 Å². The highest BCUT2D eigenvalue weighted by molar-refractivity contribution is 6.36. The molecule has 0 aromatic heterocycles. The number of hydrogen-bond donors (Lipinski definition) is 0. The molecule has 1 aliphatic carbocycles. The Morgan fingerprint density at radius 3 is 0.944 bits per heavy atom. The molecule has 1 saturated carbocycles. The molecule has 0 N–H and O–H groups in total. The van der Waals surface area contributed by atoms with E-state index in [2.05, 4.69) is 34.8 Å². The maximum Gasteiger partial charge on any atom is 0.368 e. The van der Waals surface area contributed by atoms with Gasteiger partial charge in [0.25, 0.3) is 0 Å². The lowest BCUT2D eigenvalue weighted by molar-refractivity contribution is -0.383. The first-order valence-corrected chi connectivity index (χ1v) is 4.90. The van der Waals surface area contributed by atoms with Gasteiger partial charge in [-0.1, -0.05) is 34.8 Å². The van der Waals surface area contributed by atoms with Crippen LogP contribution in [-0.4, -0.2) is 33.2 Å². The molecule has 0 aliphatic heterocycles. The van der Waals surface area contributed by atoms with Gasteiger partial charge in [0.05, 0.1) is 0 Å². The summed E-state index contributed by atoms with van der Waals surface area (Å²) >= 11 is 12.1. The summed E-state index contributed by atoms with van der Waals surface area (Å²) in [5.74, 6) is -19.2. The standard InChI is InChI=1S/C6Cl3F9/c7-1(10)2(8,11)5(15,16)6(17,18)3(9,12)4(1,13)14/t1-,2+,3-/m0/s1. The van der Waals surface area contributed by atoms with E-state index in [9.17, 15) is 39.5 Å². The lowest BCUT2D eigenvalue weighted by atomic mass is 9.83. The van der Waals surface area contributed by atoms with E-state index in [4.69, 9.17) is 0 Å². The molecule has 1 rings (SSSR count). The fourth-order valence-electron chi connectivity index (χ4n) is 1.18. The Bertz CT molecular complexity index is 257. The molecular formula is C6Cl3F9. The largest absolute Gasteiger partial charge is 0.368 e. The molecule has 0 radical (unpaired) electrons. The number of hydrogen-bond acceptors (Lipinski definition) is 0. The summed E-state index contributed by atoms with van der Waals surface area (Å²) < 4.78 is 116. The molecule has 0 heterocycles. The monoisotopic (exact) mass is 348 g/mol. The SMILES string of the molecule is FC1(F)C(F)(F)[C@@](F)(Cl)[C@@](F)(Cl)C(F)(F)[C@@]1(F)Cl. The highest BCUT2D eigenvalue weighted by Gasteiger charge is 2.98. The van der Waals surface area contributed by atoms with Gasteiger partial charge in [-0.25, -0.2) is 13.2 Å². The van der Waals surface area contributed by atoms with E-state index in [0.717, 1.165) is 0 Å². The average molecular weight is 349 g/mol. The van der Waals surface area contributed by atoms with Gasteiger partial charge in [-0.05, 0) is 0 Å². The second-order valence-electron chi connectivity index (χ2n) is 3.45. The minimum atomic E-state index is -6.52. The van der Waals surface area contributed by atoms with E-state index in [-0.39, 0.29) is 0 Å². The van der Waals surface area contributed by atoms with Crippen LogP contribution in [0.25, 0.3) is 0 Å². The van der Waals surface area contributed by atoms with Crippen LogP contribution in [-0.2, 0) is 0 Å². The van der Waals surface area contributed by atoms with E-state index >= 15 is 0 Å². The molecule has 108 valence electrons. The number of rotatable bonds is 0. The molecule has 18 heavy (non-hydrogen) atoms. The third-order valence-corrected chi connectivity index (χ3v) is 3.93. The Hall–Kier alpha value is 0.240. The van der Waals surface area contributed by atoms with Crippen molar-refractivity contribution in [1.29, 1.82) is 0 Å². The van der Waals surface area contributed by atoms with Crippen molar-refractivity contribution < 1.29 is 39.5 Å². The topological polar surface area (TPSA) is 0 Å². The Morgan fingerprint density at radius 1 is 0.389 bits per heavy atom. The molecular weight excluding hydrogens is 349 g/mol. The molecule has 0 saturated heterocycles. The Kier molecular flexibility index (Phi) is 3.13. The molecule has 12 heteroatoms. The van der Waals surface area contributed by atoms with Crippen molar-refractivity contribution in [2.45, 2.75) is 33.2 Å². The summed E-state index contributed by atoms with van der Waals surface area (Å²) in [5, 5.41) is -17.5. The van der Waals surface area contributed by atoms with Gasteiger partial charge in [0.1, 0.15) is 0 Å². The Balaban J connectivity index is 3.72. The van der Waals surface area contributed by atoms with Gasteiger partial charge in [0.2, 0.25) is 0 Å². The van der Waals surface area contributed by atoms with Crippen LogP contribution in [0.3, 0.4) is 0 Å². The molecule has 0 amide bonds. The third kappa shape index (κ3) is 1.28. The number of halogens is 12. The van der Waals surface area contributed by atoms with Crippen molar-refractivity contribution in [3.05, 3.63) is 0 Å². The predicted octanol–water partition coefficient (Wildman–Crippen LogP) is 4.62. The lowest BCUT2D eigenvalue weighted by Gasteiger charge is -2.51. The minimum absolute atomic E-state index is 3.96. The van der Waals surface area contributed by atoms with Crippen LogP contribution < -0.4 is 0 Å². The summed E-state index contributed by atoms with van der Waals surface area (Å²) in [6, 6.07) is 0. The van der Waals surface area contributed by atoms with E-state index in [1.54, 1.807) is 0 Å². The first-order valence-electron chi connectivity index (χ1n) is 3.77. The second kappa shape index (κ2) is 3.46. The lowest BCUT2D eigenvalue weighted by Crippen LogP contribution is -2.81. The third-order valence-electron chi connectivity index (χ3n) is 2.37. The highest BCUT2D eigenvalue weighted by atomic mass is 35.5. The van der Waals surface area contributed by atoms with Crippen molar-refractivity contribution in [2.24, 2.45) is 0 Å². The zero-order valence-corrected chi connectivity index (χ0v) is 9.80. The zero-order valence-electron chi connectivity index (χ0n) is 7.54. The van der Waals surface area contributed by atoms with E-state index in [1.807, 2.05) is 0 Å². The van der Waals surface area contributed by atoms with Crippen LogP contribution >= 0.6 is 34.8 Å². The Morgan fingerprint density at radius 2 is 0.611 bits per heavy atom. The first kappa shape index (κ1) is 16.3. The zero-order chi connectivity index (χ0) is 15.0. The van der Waals surface area contributed by atoms with Crippen LogP contribution in [0, 0.1) is 0 Å². The fourth-order valence-corrected chi connectivity index (χ4v) is 1.97. The molecule has 0 nitrogen and oxygen atoms in total. The predicted molar refractivity (Wildman–Crippen MR) is 43.9 cm³/mol. The van der Waals surface area contributed by atoms with Gasteiger partial charge >= 0.3 is 33.2 Å². The fraction of sp³-hybridized carbons (Fsp3) is 1.00. The number of alkyl halides is 12. The van der Waals surface area contributed by atoms with Crippen molar-refractivity contribution >= 4 is 34.8 Å². The van der Waals surface area contributed by atoms with Gasteiger partial charge < -0.3 is 0 Å². The van der Waals surface area contributed by atoms with Crippen LogP contribution in [0.4, 0.5) is 39.5 Å². The highest BCUT2D eigenvalue weighted by Crippen LogP contribution is 2.71. The van der Waals surface area contributed by atoms with Crippen molar-refractivity contribution in [2.75, 3.05) is 0 Å². The first-order chi connectivity index (χ1) is 7.50. The van der Waals surface area contributed by atoms with Crippen LogP contribution in [0.2, 0.25) is 0 Å². The summed E-state index contributed by atoms with van der Waals surface area (Å²) in [6.45, 7) is 0. The Labute approximate surface area is 108 Å². The molecule has 0 aromatic rings. The maximum atomic E-state index is 13.1. The van der Waals surface area contributed by atoms with E-state index in [0.29, 0.717) is 0 Å². The molecule has 0 bridgehead atoms. The maximum absolute atomic E-state index is 13.1. The summed E-state index contributed by atoms with van der Waals surface area (Å²) in [4.78, 5) is 0. The van der Waals surface area contributed by atoms with Crippen molar-refractivity contribution in [3.63, 3.8) is 0 Å². The van der Waals surface area contributed by atoms with Crippen LogP contribution in [0.1, 0.15) is 0 Å². The van der Waals surface area contributed by atoms with Gasteiger partial charge in [-0.3, -0.25) is 0 Å². The van der Waals surface area contributed by atoms with Gasteiger partial charge in [-0.2, -0.15) is 26.3 Å². The van der Waals surface area contributed by atoms with Crippen molar-refractivity contribution in [3.8, 4) is 0 Å². The minimum Gasteiger partial charge on any atom is -0.214 e. The molecule has 0 unspecified atom stereocenters. The summed E-state index contributed by atoms with van der Waals surface area (Å²) in [7, 11) is 0. The average Bonchev–Trinajstić information content (AvgIpc) is 2.14. The van der Waals surface area contributed by atoms with Gasteiger partial charge in [0.15, 0.2) is 0 Å².